The Hall–Kier alpha value is -1.62. The number of aromatic nitrogens is 1. The molecule has 1 rings (SSSR count). The van der Waals surface area contributed by atoms with Crippen LogP contribution in [-0.4, -0.2) is 35.8 Å². The molecule has 88 valence electrons. The first kappa shape index (κ1) is 12.4. The molecule has 5 nitrogen and oxygen atoms in total. The number of carbonyl (C=O) groups is 1. The Balaban J connectivity index is 2.84. The van der Waals surface area contributed by atoms with E-state index in [1.54, 1.807) is 14.0 Å². The monoisotopic (exact) mass is 224 g/mol. The van der Waals surface area contributed by atoms with E-state index in [1.165, 1.54) is 12.1 Å². The summed E-state index contributed by atoms with van der Waals surface area (Å²) in [5, 5.41) is 12.0. The third kappa shape index (κ3) is 3.51. The van der Waals surface area contributed by atoms with Crippen LogP contribution in [0.5, 0.6) is 0 Å². The fraction of sp³-hybridized carbons (Fsp3) is 0.455. The van der Waals surface area contributed by atoms with Gasteiger partial charge in [-0.05, 0) is 26.0 Å². The van der Waals surface area contributed by atoms with E-state index in [9.17, 15) is 4.79 Å². The number of aromatic carboxylic acids is 1. The van der Waals surface area contributed by atoms with Crippen LogP contribution < -0.4 is 5.32 Å². The molecule has 1 heterocycles. The molecule has 0 spiro atoms. The Kier molecular flexibility index (Phi) is 4.25. The van der Waals surface area contributed by atoms with Crippen molar-refractivity contribution >= 4 is 11.8 Å². The van der Waals surface area contributed by atoms with Gasteiger partial charge in [-0.2, -0.15) is 0 Å². The van der Waals surface area contributed by atoms with Crippen molar-refractivity contribution < 1.29 is 14.6 Å². The Morgan fingerprint density at radius 2 is 2.31 bits per heavy atom. The number of hydrogen-bond acceptors (Lipinski definition) is 4. The smallest absolute Gasteiger partial charge is 0.335 e. The number of methoxy groups -OCH3 is 1. The molecule has 0 aliphatic rings. The number of carboxylic acids is 1. The molecular formula is C11H16N2O3. The lowest BCUT2D eigenvalue weighted by Crippen LogP contribution is -2.21. The minimum absolute atomic E-state index is 0.0842. The second-order valence-corrected chi connectivity index (χ2v) is 3.69. The molecule has 0 amide bonds. The van der Waals surface area contributed by atoms with Gasteiger partial charge in [0.1, 0.15) is 5.82 Å². The van der Waals surface area contributed by atoms with E-state index in [0.717, 1.165) is 0 Å². The van der Waals surface area contributed by atoms with Gasteiger partial charge in [0.15, 0.2) is 0 Å². The van der Waals surface area contributed by atoms with Crippen molar-refractivity contribution in [2.45, 2.75) is 19.9 Å². The van der Waals surface area contributed by atoms with E-state index in [4.69, 9.17) is 9.84 Å². The van der Waals surface area contributed by atoms with Crippen molar-refractivity contribution in [1.82, 2.24) is 4.98 Å². The third-order valence-electron chi connectivity index (χ3n) is 2.01. The minimum Gasteiger partial charge on any atom is -0.478 e. The molecule has 1 aromatic rings. The molecule has 1 unspecified atom stereocenters. The number of aryl methyl sites for hydroxylation is 1. The second-order valence-electron chi connectivity index (χ2n) is 3.69. The summed E-state index contributed by atoms with van der Waals surface area (Å²) in [5.74, 6) is -0.394. The quantitative estimate of drug-likeness (QED) is 0.793. The van der Waals surface area contributed by atoms with Crippen molar-refractivity contribution in [2.24, 2.45) is 0 Å². The zero-order valence-corrected chi connectivity index (χ0v) is 9.65. The fourth-order valence-corrected chi connectivity index (χ4v) is 1.41. The largest absolute Gasteiger partial charge is 0.478 e. The van der Waals surface area contributed by atoms with Gasteiger partial charge < -0.3 is 15.2 Å². The predicted molar refractivity (Wildman–Crippen MR) is 60.9 cm³/mol. The summed E-state index contributed by atoms with van der Waals surface area (Å²) < 4.78 is 4.98. The maximum atomic E-state index is 10.8. The van der Waals surface area contributed by atoms with Crippen LogP contribution in [0.25, 0.3) is 0 Å². The maximum absolute atomic E-state index is 10.8. The summed E-state index contributed by atoms with van der Waals surface area (Å²) in [4.78, 5) is 15.0. The van der Waals surface area contributed by atoms with Gasteiger partial charge in [0.25, 0.3) is 0 Å². The molecule has 1 aromatic heterocycles. The lowest BCUT2D eigenvalue weighted by molar-refractivity contribution is 0.0696. The highest BCUT2D eigenvalue weighted by Gasteiger charge is 2.08. The van der Waals surface area contributed by atoms with Crippen molar-refractivity contribution in [1.29, 1.82) is 0 Å². The second kappa shape index (κ2) is 5.46. The molecule has 2 N–H and O–H groups in total. The first-order valence-electron chi connectivity index (χ1n) is 5.00. The molecule has 0 aliphatic heterocycles. The summed E-state index contributed by atoms with van der Waals surface area (Å²) >= 11 is 0. The van der Waals surface area contributed by atoms with Crippen molar-refractivity contribution in [3.8, 4) is 0 Å². The number of carboxylic acid groups (broad SMARTS) is 1. The van der Waals surface area contributed by atoms with Crippen LogP contribution >= 0.6 is 0 Å². The highest BCUT2D eigenvalue weighted by molar-refractivity contribution is 5.88. The average Bonchev–Trinajstić information content (AvgIpc) is 2.16. The number of hydrogen-bond donors (Lipinski definition) is 2. The van der Waals surface area contributed by atoms with E-state index in [0.29, 0.717) is 18.1 Å². The zero-order chi connectivity index (χ0) is 12.1. The lowest BCUT2D eigenvalue weighted by atomic mass is 10.2. The van der Waals surface area contributed by atoms with Gasteiger partial charge >= 0.3 is 5.97 Å². The highest BCUT2D eigenvalue weighted by atomic mass is 16.5. The molecule has 1 atom stereocenters. The van der Waals surface area contributed by atoms with Crippen LogP contribution in [0.1, 0.15) is 23.0 Å². The molecule has 5 heteroatoms. The van der Waals surface area contributed by atoms with Gasteiger partial charge in [-0.25, -0.2) is 9.78 Å². The van der Waals surface area contributed by atoms with Crippen molar-refractivity contribution in [2.75, 3.05) is 19.0 Å². The molecule has 0 radical (unpaired) electrons. The summed E-state index contributed by atoms with van der Waals surface area (Å²) in [5.41, 5.74) is 0.909. The molecular weight excluding hydrogens is 208 g/mol. The van der Waals surface area contributed by atoms with Gasteiger partial charge in [-0.1, -0.05) is 0 Å². The molecule has 0 aliphatic carbocycles. The number of ether oxygens (including phenoxy) is 1. The normalized spacial score (nSPS) is 12.2. The van der Waals surface area contributed by atoms with E-state index < -0.39 is 5.97 Å². The van der Waals surface area contributed by atoms with Crippen LogP contribution in [0.4, 0.5) is 5.82 Å². The number of pyridine rings is 1. The molecule has 0 fully saturated rings. The topological polar surface area (TPSA) is 71.5 Å². The molecule has 16 heavy (non-hydrogen) atoms. The first-order valence-corrected chi connectivity index (χ1v) is 5.00. The molecule has 0 saturated heterocycles. The van der Waals surface area contributed by atoms with Crippen LogP contribution in [0, 0.1) is 6.92 Å². The SMILES string of the molecule is COCC(C)Nc1cc(C(=O)O)cc(C)n1. The summed E-state index contributed by atoms with van der Waals surface area (Å²) in [7, 11) is 1.62. The van der Waals surface area contributed by atoms with Gasteiger partial charge in [-0.15, -0.1) is 0 Å². The minimum atomic E-state index is -0.951. The summed E-state index contributed by atoms with van der Waals surface area (Å²) in [6.45, 7) is 4.24. The Labute approximate surface area is 94.5 Å². The van der Waals surface area contributed by atoms with E-state index in [1.807, 2.05) is 6.92 Å². The number of nitrogens with one attached hydrogen (secondary N) is 1. The van der Waals surface area contributed by atoms with E-state index >= 15 is 0 Å². The van der Waals surface area contributed by atoms with Crippen molar-refractivity contribution in [3.05, 3.63) is 23.4 Å². The molecule has 0 saturated carbocycles. The Morgan fingerprint density at radius 1 is 1.62 bits per heavy atom. The van der Waals surface area contributed by atoms with Gasteiger partial charge in [0.2, 0.25) is 0 Å². The van der Waals surface area contributed by atoms with Gasteiger partial charge in [-0.3, -0.25) is 0 Å². The highest BCUT2D eigenvalue weighted by Crippen LogP contribution is 2.11. The first-order chi connectivity index (χ1) is 7.52. The van der Waals surface area contributed by atoms with Crippen LogP contribution in [0.2, 0.25) is 0 Å². The van der Waals surface area contributed by atoms with Crippen LogP contribution in [0.15, 0.2) is 12.1 Å². The molecule has 0 aromatic carbocycles. The summed E-state index contributed by atoms with van der Waals surface area (Å²) in [6, 6.07) is 3.14. The van der Waals surface area contributed by atoms with E-state index in [-0.39, 0.29) is 11.6 Å². The Morgan fingerprint density at radius 3 is 2.88 bits per heavy atom. The standard InChI is InChI=1S/C11H16N2O3/c1-7-4-9(11(14)15)5-10(12-7)13-8(2)6-16-3/h4-5,8H,6H2,1-3H3,(H,12,13)(H,14,15). The Bertz CT molecular complexity index is 379. The molecule has 0 bridgehead atoms. The number of rotatable bonds is 5. The zero-order valence-electron chi connectivity index (χ0n) is 9.65. The number of nitrogens with zero attached hydrogens (tertiary/aromatic N) is 1. The third-order valence-corrected chi connectivity index (χ3v) is 2.01. The van der Waals surface area contributed by atoms with Crippen LogP contribution in [-0.2, 0) is 4.74 Å². The summed E-state index contributed by atoms with van der Waals surface area (Å²) in [6.07, 6.45) is 0. The lowest BCUT2D eigenvalue weighted by Gasteiger charge is -2.14. The van der Waals surface area contributed by atoms with Crippen molar-refractivity contribution in [3.63, 3.8) is 0 Å². The van der Waals surface area contributed by atoms with Gasteiger partial charge in [0, 0.05) is 18.8 Å². The average molecular weight is 224 g/mol. The van der Waals surface area contributed by atoms with E-state index in [2.05, 4.69) is 10.3 Å². The number of anilines is 1. The maximum Gasteiger partial charge on any atom is 0.335 e. The van der Waals surface area contributed by atoms with Gasteiger partial charge in [0.05, 0.1) is 12.2 Å². The predicted octanol–water partition coefficient (Wildman–Crippen LogP) is 1.54. The van der Waals surface area contributed by atoms with Crippen LogP contribution in [0.3, 0.4) is 0 Å². The fourth-order valence-electron chi connectivity index (χ4n) is 1.41.